The van der Waals surface area contributed by atoms with Crippen molar-refractivity contribution < 1.29 is 9.53 Å². The van der Waals surface area contributed by atoms with Crippen LogP contribution in [-0.4, -0.2) is 33.6 Å². The van der Waals surface area contributed by atoms with E-state index in [4.69, 9.17) is 9.72 Å². The van der Waals surface area contributed by atoms with Crippen LogP contribution in [0.25, 0.3) is 11.0 Å². The molecule has 0 radical (unpaired) electrons. The van der Waals surface area contributed by atoms with Gasteiger partial charge in [0.2, 0.25) is 0 Å². The minimum absolute atomic E-state index is 0.00654. The zero-order valence-corrected chi connectivity index (χ0v) is 18.6. The molecule has 5 rings (SSSR count). The molecule has 0 unspecified atom stereocenters. The van der Waals surface area contributed by atoms with E-state index in [0.29, 0.717) is 18.2 Å². The highest BCUT2D eigenvalue weighted by Crippen LogP contribution is 2.28. The number of hydrogen-bond acceptors (Lipinski definition) is 5. The number of imidazole rings is 1. The highest BCUT2D eigenvalue weighted by atomic mass is 32.2. The molecule has 0 atom stereocenters. The molecule has 1 amide bonds. The van der Waals surface area contributed by atoms with E-state index in [1.54, 1.807) is 25.1 Å². The number of methoxy groups -OCH3 is 1. The lowest BCUT2D eigenvalue weighted by Gasteiger charge is -2.10. The third-order valence-electron chi connectivity index (χ3n) is 5.51. The summed E-state index contributed by atoms with van der Waals surface area (Å²) in [4.78, 5) is 21.4. The zero-order chi connectivity index (χ0) is 21.9. The van der Waals surface area contributed by atoms with Gasteiger partial charge in [-0.1, -0.05) is 36.0 Å². The first-order valence-corrected chi connectivity index (χ1v) is 11.6. The van der Waals surface area contributed by atoms with Crippen molar-refractivity contribution in [1.82, 2.24) is 19.9 Å². The summed E-state index contributed by atoms with van der Waals surface area (Å²) in [6.07, 6.45) is 5.80. The van der Waals surface area contributed by atoms with Crippen molar-refractivity contribution >= 4 is 28.7 Å². The Hall–Kier alpha value is -3.32. The molecule has 0 spiro atoms. The number of hydrogen-bond donors (Lipinski definition) is 1. The number of amides is 1. The maximum Gasteiger partial charge on any atom is 0.251 e. The minimum atomic E-state index is 0.00654. The molecule has 1 fully saturated rings. The molecule has 4 aromatic rings. The van der Waals surface area contributed by atoms with Crippen molar-refractivity contribution in [1.29, 1.82) is 0 Å². The summed E-state index contributed by atoms with van der Waals surface area (Å²) >= 11 is 1.70. The van der Waals surface area contributed by atoms with E-state index in [-0.39, 0.29) is 5.91 Å². The van der Waals surface area contributed by atoms with Crippen LogP contribution in [0.5, 0.6) is 5.75 Å². The molecule has 0 aliphatic heterocycles. The van der Waals surface area contributed by atoms with Crippen molar-refractivity contribution in [3.8, 4) is 5.75 Å². The second-order valence-corrected chi connectivity index (χ2v) is 8.87. The van der Waals surface area contributed by atoms with Gasteiger partial charge >= 0.3 is 0 Å². The molecule has 1 aliphatic rings. The Morgan fingerprint density at radius 2 is 1.84 bits per heavy atom. The lowest BCUT2D eigenvalue weighted by atomic mass is 10.1. The predicted molar refractivity (Wildman–Crippen MR) is 126 cm³/mol. The molecule has 162 valence electrons. The van der Waals surface area contributed by atoms with E-state index in [9.17, 15) is 4.79 Å². The Morgan fingerprint density at radius 3 is 2.56 bits per heavy atom. The molecule has 1 saturated carbocycles. The lowest BCUT2D eigenvalue weighted by Crippen LogP contribution is -2.25. The number of ether oxygens (including phenoxy) is 1. The summed E-state index contributed by atoms with van der Waals surface area (Å²) in [6, 6.07) is 18.2. The predicted octanol–water partition coefficient (Wildman–Crippen LogP) is 4.67. The number of carbonyl (C=O) groups excluding carboxylic acids is 1. The second kappa shape index (κ2) is 9.04. The monoisotopic (exact) mass is 444 g/mol. The van der Waals surface area contributed by atoms with Crippen LogP contribution < -0.4 is 10.1 Å². The van der Waals surface area contributed by atoms with Gasteiger partial charge < -0.3 is 14.6 Å². The average Bonchev–Trinajstić information content (AvgIpc) is 3.58. The Bertz CT molecular complexity index is 1230. The first kappa shape index (κ1) is 20.6. The van der Waals surface area contributed by atoms with Crippen LogP contribution in [0.2, 0.25) is 0 Å². The number of aromatic nitrogens is 3. The largest absolute Gasteiger partial charge is 0.497 e. The molecule has 6 nitrogen and oxygen atoms in total. The Labute approximate surface area is 191 Å². The standard InChI is InChI=1S/C25H24N4O2S/c1-31-21-10-4-18(5-11-21)16-32-25-28-22-12-13-26-14-23(22)29(25)15-17-2-6-19(7-3-17)24(30)27-20-8-9-20/h2-7,10-14,20H,8-9,15-16H2,1H3,(H,27,30). The topological polar surface area (TPSA) is 69.0 Å². The highest BCUT2D eigenvalue weighted by molar-refractivity contribution is 7.98. The van der Waals surface area contributed by atoms with Gasteiger partial charge in [-0.2, -0.15) is 0 Å². The molecule has 1 N–H and O–H groups in total. The van der Waals surface area contributed by atoms with Gasteiger partial charge in [0.1, 0.15) is 5.75 Å². The van der Waals surface area contributed by atoms with Crippen molar-refractivity contribution in [2.24, 2.45) is 0 Å². The average molecular weight is 445 g/mol. The summed E-state index contributed by atoms with van der Waals surface area (Å²) in [5.41, 5.74) is 4.95. The molecule has 0 bridgehead atoms. The maximum absolute atomic E-state index is 12.3. The number of rotatable bonds is 8. The van der Waals surface area contributed by atoms with Crippen LogP contribution in [0.3, 0.4) is 0 Å². The summed E-state index contributed by atoms with van der Waals surface area (Å²) in [5, 5.41) is 3.98. The number of carbonyl (C=O) groups is 1. The van der Waals surface area contributed by atoms with E-state index < -0.39 is 0 Å². The first-order valence-electron chi connectivity index (χ1n) is 10.7. The SMILES string of the molecule is COc1ccc(CSc2nc3ccncc3n2Cc2ccc(C(=O)NC3CC3)cc2)cc1. The number of benzene rings is 2. The summed E-state index contributed by atoms with van der Waals surface area (Å²) in [5.74, 6) is 1.67. The second-order valence-electron chi connectivity index (χ2n) is 7.93. The normalized spacial score (nSPS) is 13.3. The summed E-state index contributed by atoms with van der Waals surface area (Å²) in [6.45, 7) is 0.664. The van der Waals surface area contributed by atoms with Crippen molar-refractivity contribution in [2.45, 2.75) is 36.3 Å². The fourth-order valence-electron chi connectivity index (χ4n) is 3.52. The molecule has 2 aromatic heterocycles. The molecular weight excluding hydrogens is 420 g/mol. The van der Waals surface area contributed by atoms with Gasteiger partial charge in [0, 0.05) is 23.6 Å². The van der Waals surface area contributed by atoms with E-state index in [1.807, 2.05) is 48.7 Å². The van der Waals surface area contributed by atoms with Gasteiger partial charge in [-0.25, -0.2) is 4.98 Å². The van der Waals surface area contributed by atoms with Crippen LogP contribution in [0.15, 0.2) is 72.1 Å². The Kier molecular flexibility index (Phi) is 5.81. The summed E-state index contributed by atoms with van der Waals surface area (Å²) < 4.78 is 7.44. The van der Waals surface area contributed by atoms with Crippen LogP contribution in [0.1, 0.15) is 34.3 Å². The van der Waals surface area contributed by atoms with Gasteiger partial charge in [0.25, 0.3) is 5.91 Å². The van der Waals surface area contributed by atoms with Gasteiger partial charge in [0.05, 0.1) is 30.9 Å². The lowest BCUT2D eigenvalue weighted by molar-refractivity contribution is 0.0951. The van der Waals surface area contributed by atoms with E-state index in [1.165, 1.54) is 5.56 Å². The quantitative estimate of drug-likeness (QED) is 0.400. The number of pyridine rings is 1. The molecule has 32 heavy (non-hydrogen) atoms. The smallest absolute Gasteiger partial charge is 0.251 e. The van der Waals surface area contributed by atoms with Gasteiger partial charge in [-0.05, 0) is 54.3 Å². The van der Waals surface area contributed by atoms with Gasteiger partial charge in [-0.3, -0.25) is 9.78 Å². The molecule has 1 aliphatic carbocycles. The Morgan fingerprint density at radius 1 is 1.09 bits per heavy atom. The van der Waals surface area contributed by atoms with Crippen molar-refractivity contribution in [3.05, 3.63) is 83.7 Å². The third kappa shape index (κ3) is 4.62. The first-order chi connectivity index (χ1) is 15.7. The summed E-state index contributed by atoms with van der Waals surface area (Å²) in [7, 11) is 1.67. The van der Waals surface area contributed by atoms with Crippen LogP contribution in [0.4, 0.5) is 0 Å². The van der Waals surface area contributed by atoms with E-state index in [2.05, 4.69) is 27.0 Å². The fraction of sp³-hybridized carbons (Fsp3) is 0.240. The number of fused-ring (bicyclic) bond motifs is 1. The zero-order valence-electron chi connectivity index (χ0n) is 17.8. The van der Waals surface area contributed by atoms with E-state index >= 15 is 0 Å². The van der Waals surface area contributed by atoms with Crippen LogP contribution in [-0.2, 0) is 12.3 Å². The van der Waals surface area contributed by atoms with Gasteiger partial charge in [-0.15, -0.1) is 0 Å². The molecule has 2 aromatic carbocycles. The van der Waals surface area contributed by atoms with E-state index in [0.717, 1.165) is 46.1 Å². The van der Waals surface area contributed by atoms with Crippen LogP contribution in [0, 0.1) is 0 Å². The molecule has 0 saturated heterocycles. The fourth-order valence-corrected chi connectivity index (χ4v) is 4.49. The maximum atomic E-state index is 12.3. The van der Waals surface area contributed by atoms with Crippen LogP contribution >= 0.6 is 11.8 Å². The minimum Gasteiger partial charge on any atom is -0.497 e. The molecule has 7 heteroatoms. The highest BCUT2D eigenvalue weighted by Gasteiger charge is 2.23. The third-order valence-corrected chi connectivity index (χ3v) is 6.56. The molecular formula is C25H24N4O2S. The Balaban J connectivity index is 1.35. The number of nitrogens with one attached hydrogen (secondary N) is 1. The van der Waals surface area contributed by atoms with Crippen molar-refractivity contribution in [2.75, 3.05) is 7.11 Å². The van der Waals surface area contributed by atoms with Crippen molar-refractivity contribution in [3.63, 3.8) is 0 Å². The number of thioether (sulfide) groups is 1. The number of nitrogens with zero attached hydrogens (tertiary/aromatic N) is 3. The molecule has 2 heterocycles. The van der Waals surface area contributed by atoms with Gasteiger partial charge in [0.15, 0.2) is 5.16 Å².